The summed E-state index contributed by atoms with van der Waals surface area (Å²) in [6.07, 6.45) is 3.14. The van der Waals surface area contributed by atoms with Crippen LogP contribution in [0.2, 0.25) is 0 Å². The Kier molecular flexibility index (Phi) is 6.43. The van der Waals surface area contributed by atoms with E-state index in [9.17, 15) is 4.79 Å². The maximum atomic E-state index is 11.6. The van der Waals surface area contributed by atoms with Crippen molar-refractivity contribution in [2.45, 2.75) is 19.4 Å². The Morgan fingerprint density at radius 2 is 2.20 bits per heavy atom. The van der Waals surface area contributed by atoms with Gasteiger partial charge in [-0.3, -0.25) is 20.1 Å². The quantitative estimate of drug-likeness (QED) is 0.703. The van der Waals surface area contributed by atoms with Gasteiger partial charge in [0.1, 0.15) is 0 Å². The Balaban J connectivity index is 1.52. The van der Waals surface area contributed by atoms with E-state index in [0.717, 1.165) is 45.0 Å². The molecule has 6 nitrogen and oxygen atoms in total. The summed E-state index contributed by atoms with van der Waals surface area (Å²) in [5, 5.41) is 0. The highest BCUT2D eigenvalue weighted by Gasteiger charge is 2.10. The number of hydrogen-bond donors (Lipinski definition) is 2. The van der Waals surface area contributed by atoms with Crippen LogP contribution >= 0.6 is 0 Å². The predicted molar refractivity (Wildman–Crippen MR) is 75.7 cm³/mol. The van der Waals surface area contributed by atoms with E-state index in [1.807, 2.05) is 18.2 Å². The van der Waals surface area contributed by atoms with Crippen LogP contribution in [0.15, 0.2) is 24.4 Å². The van der Waals surface area contributed by atoms with Gasteiger partial charge in [-0.15, -0.1) is 0 Å². The summed E-state index contributed by atoms with van der Waals surface area (Å²) in [4.78, 5) is 18.1. The molecule has 1 amide bonds. The maximum absolute atomic E-state index is 11.6. The molecule has 1 aliphatic heterocycles. The zero-order valence-corrected chi connectivity index (χ0v) is 11.7. The van der Waals surface area contributed by atoms with E-state index in [1.54, 1.807) is 6.20 Å². The lowest BCUT2D eigenvalue weighted by molar-refractivity contribution is -0.122. The molecule has 0 spiro atoms. The first-order valence-electron chi connectivity index (χ1n) is 7.06. The molecule has 1 fully saturated rings. The molecule has 110 valence electrons. The van der Waals surface area contributed by atoms with Crippen molar-refractivity contribution in [3.05, 3.63) is 30.1 Å². The summed E-state index contributed by atoms with van der Waals surface area (Å²) in [5.74, 6) is 0.0224. The number of nitrogens with one attached hydrogen (secondary N) is 2. The summed E-state index contributed by atoms with van der Waals surface area (Å²) in [7, 11) is 0. The van der Waals surface area contributed by atoms with Crippen molar-refractivity contribution in [3.63, 3.8) is 0 Å². The van der Waals surface area contributed by atoms with Crippen LogP contribution in [0.3, 0.4) is 0 Å². The molecule has 1 aliphatic rings. The number of pyridine rings is 1. The molecule has 0 saturated carbocycles. The number of carbonyl (C=O) groups excluding carboxylic acids is 1. The van der Waals surface area contributed by atoms with E-state index in [1.165, 1.54) is 0 Å². The predicted octanol–water partition coefficient (Wildman–Crippen LogP) is 0.315. The average molecular weight is 278 g/mol. The molecule has 2 heterocycles. The molecule has 2 N–H and O–H groups in total. The standard InChI is InChI=1S/C14H22N4O2/c19-14(5-3-7-18-8-10-20-11-9-18)17-16-12-13-4-1-2-6-15-13/h1-2,4,6,16H,3,5,7-12H2,(H,17,19). The van der Waals surface area contributed by atoms with Crippen LogP contribution in [-0.2, 0) is 16.1 Å². The zero-order chi connectivity index (χ0) is 14.0. The van der Waals surface area contributed by atoms with Crippen molar-refractivity contribution in [2.75, 3.05) is 32.8 Å². The first-order valence-corrected chi connectivity index (χ1v) is 7.06. The minimum Gasteiger partial charge on any atom is -0.379 e. The second-order valence-electron chi connectivity index (χ2n) is 4.78. The summed E-state index contributed by atoms with van der Waals surface area (Å²) >= 11 is 0. The topological polar surface area (TPSA) is 66.5 Å². The number of rotatable bonds is 7. The van der Waals surface area contributed by atoms with Gasteiger partial charge < -0.3 is 4.74 Å². The Morgan fingerprint density at radius 3 is 2.95 bits per heavy atom. The fraction of sp³-hybridized carbons (Fsp3) is 0.571. The van der Waals surface area contributed by atoms with Crippen LogP contribution in [0.5, 0.6) is 0 Å². The van der Waals surface area contributed by atoms with E-state index in [-0.39, 0.29) is 5.91 Å². The van der Waals surface area contributed by atoms with Gasteiger partial charge in [0.15, 0.2) is 0 Å². The summed E-state index contributed by atoms with van der Waals surface area (Å²) in [6.45, 7) is 5.04. The lowest BCUT2D eigenvalue weighted by atomic mass is 10.2. The third-order valence-electron chi connectivity index (χ3n) is 3.21. The molecule has 0 radical (unpaired) electrons. The molecule has 0 bridgehead atoms. The van der Waals surface area contributed by atoms with Gasteiger partial charge in [-0.25, -0.2) is 5.43 Å². The maximum Gasteiger partial charge on any atom is 0.234 e. The van der Waals surface area contributed by atoms with Crippen LogP contribution in [0.1, 0.15) is 18.5 Å². The van der Waals surface area contributed by atoms with Crippen LogP contribution in [0, 0.1) is 0 Å². The van der Waals surface area contributed by atoms with Crippen molar-refractivity contribution < 1.29 is 9.53 Å². The zero-order valence-electron chi connectivity index (χ0n) is 11.7. The first kappa shape index (κ1) is 14.9. The lowest BCUT2D eigenvalue weighted by Crippen LogP contribution is -2.39. The number of ether oxygens (including phenoxy) is 1. The van der Waals surface area contributed by atoms with Crippen LogP contribution in [0.4, 0.5) is 0 Å². The number of carbonyl (C=O) groups is 1. The SMILES string of the molecule is O=C(CCCN1CCOCC1)NNCc1ccccn1. The van der Waals surface area contributed by atoms with Crippen molar-refractivity contribution in [1.82, 2.24) is 20.7 Å². The van der Waals surface area contributed by atoms with Gasteiger partial charge in [-0.05, 0) is 25.1 Å². The van der Waals surface area contributed by atoms with Crippen molar-refractivity contribution in [3.8, 4) is 0 Å². The highest BCUT2D eigenvalue weighted by Crippen LogP contribution is 2.00. The number of amides is 1. The molecule has 0 aromatic carbocycles. The Hall–Kier alpha value is -1.50. The molecular formula is C14H22N4O2. The van der Waals surface area contributed by atoms with Gasteiger partial charge in [-0.2, -0.15) is 0 Å². The summed E-state index contributed by atoms with van der Waals surface area (Å²) < 4.78 is 5.29. The molecule has 20 heavy (non-hydrogen) atoms. The van der Waals surface area contributed by atoms with Crippen molar-refractivity contribution in [2.24, 2.45) is 0 Å². The highest BCUT2D eigenvalue weighted by molar-refractivity contribution is 5.75. The average Bonchev–Trinajstić information content (AvgIpc) is 2.49. The number of hydrazine groups is 1. The number of hydrogen-bond acceptors (Lipinski definition) is 5. The van der Waals surface area contributed by atoms with E-state index >= 15 is 0 Å². The Bertz CT molecular complexity index is 393. The van der Waals surface area contributed by atoms with Crippen LogP contribution < -0.4 is 10.9 Å². The molecule has 0 atom stereocenters. The summed E-state index contributed by atoms with van der Waals surface area (Å²) in [5.41, 5.74) is 6.49. The monoisotopic (exact) mass is 278 g/mol. The molecule has 6 heteroatoms. The van der Waals surface area contributed by atoms with Crippen molar-refractivity contribution >= 4 is 5.91 Å². The van der Waals surface area contributed by atoms with E-state index in [2.05, 4.69) is 20.7 Å². The van der Waals surface area contributed by atoms with Gasteiger partial charge in [0.25, 0.3) is 0 Å². The Morgan fingerprint density at radius 1 is 1.35 bits per heavy atom. The normalized spacial score (nSPS) is 16.0. The molecule has 0 unspecified atom stereocenters. The van der Waals surface area contributed by atoms with E-state index in [0.29, 0.717) is 13.0 Å². The van der Waals surface area contributed by atoms with E-state index < -0.39 is 0 Å². The molecule has 1 aromatic heterocycles. The number of nitrogens with zero attached hydrogens (tertiary/aromatic N) is 2. The highest BCUT2D eigenvalue weighted by atomic mass is 16.5. The molecule has 2 rings (SSSR count). The van der Waals surface area contributed by atoms with E-state index in [4.69, 9.17) is 4.74 Å². The minimum atomic E-state index is 0.0224. The van der Waals surface area contributed by atoms with Crippen LogP contribution in [0.25, 0.3) is 0 Å². The lowest BCUT2D eigenvalue weighted by Gasteiger charge is -2.26. The van der Waals surface area contributed by atoms with Gasteiger partial charge >= 0.3 is 0 Å². The molecular weight excluding hydrogens is 256 g/mol. The molecule has 1 aromatic rings. The fourth-order valence-corrected chi connectivity index (χ4v) is 2.09. The third kappa shape index (κ3) is 5.64. The summed E-state index contributed by atoms with van der Waals surface area (Å²) in [6, 6.07) is 5.71. The second kappa shape index (κ2) is 8.63. The molecule has 1 saturated heterocycles. The van der Waals surface area contributed by atoms with Crippen molar-refractivity contribution in [1.29, 1.82) is 0 Å². The van der Waals surface area contributed by atoms with Gasteiger partial charge in [0, 0.05) is 25.7 Å². The Labute approximate surface area is 119 Å². The number of morpholine rings is 1. The first-order chi connectivity index (χ1) is 9.84. The smallest absolute Gasteiger partial charge is 0.234 e. The fourth-order valence-electron chi connectivity index (χ4n) is 2.09. The van der Waals surface area contributed by atoms with Gasteiger partial charge in [0.05, 0.1) is 25.5 Å². The third-order valence-corrected chi connectivity index (χ3v) is 3.21. The second-order valence-corrected chi connectivity index (χ2v) is 4.78. The number of aromatic nitrogens is 1. The largest absolute Gasteiger partial charge is 0.379 e. The van der Waals surface area contributed by atoms with Crippen LogP contribution in [-0.4, -0.2) is 48.6 Å². The molecule has 0 aliphatic carbocycles. The minimum absolute atomic E-state index is 0.0224. The van der Waals surface area contributed by atoms with Gasteiger partial charge in [-0.1, -0.05) is 6.07 Å². The van der Waals surface area contributed by atoms with Gasteiger partial charge in [0.2, 0.25) is 5.91 Å².